The van der Waals surface area contributed by atoms with E-state index in [1.54, 1.807) is 0 Å². The topological polar surface area (TPSA) is 86.3 Å². The van der Waals surface area contributed by atoms with Crippen LogP contribution in [0.2, 0.25) is 0 Å². The molecule has 0 rings (SSSR count). The van der Waals surface area contributed by atoms with Crippen LogP contribution >= 0.6 is 7.94 Å². The lowest BCUT2D eigenvalue weighted by Crippen LogP contribution is -2.02. The van der Waals surface area contributed by atoms with Crippen LogP contribution in [0.1, 0.15) is 12.8 Å². The summed E-state index contributed by atoms with van der Waals surface area (Å²) in [5.74, 6) is 0. The van der Waals surface area contributed by atoms with E-state index in [1.807, 2.05) is 17.8 Å². The molecular formula is C8H10N2O3P+. The molecule has 5 nitrogen and oxygen atoms in total. The zero-order valence-corrected chi connectivity index (χ0v) is 8.41. The van der Waals surface area contributed by atoms with Crippen molar-refractivity contribution in [3.05, 3.63) is 0 Å². The van der Waals surface area contributed by atoms with Crippen LogP contribution in [0.25, 0.3) is 0 Å². The minimum atomic E-state index is -3.28. The smallest absolute Gasteiger partial charge is 0.198 e. The molecule has 0 aromatic carbocycles. The first-order valence-corrected chi connectivity index (χ1v) is 5.39. The molecule has 0 spiro atoms. The summed E-state index contributed by atoms with van der Waals surface area (Å²) in [7, 11) is -3.28. The maximum atomic E-state index is 9.48. The molecule has 0 amide bonds. The molecule has 0 heterocycles. The molecular weight excluding hydrogens is 203 g/mol. The zero-order chi connectivity index (χ0) is 10.9. The summed E-state index contributed by atoms with van der Waals surface area (Å²) < 4.78 is 9.68. The van der Waals surface area contributed by atoms with Gasteiger partial charge in [0.2, 0.25) is 0 Å². The Balaban J connectivity index is 3.89. The fourth-order valence-corrected chi connectivity index (χ4v) is 1.44. The summed E-state index contributed by atoms with van der Waals surface area (Å²) in [6.07, 6.45) is 5.27. The van der Waals surface area contributed by atoms with E-state index < -0.39 is 7.94 Å². The summed E-state index contributed by atoms with van der Waals surface area (Å²) in [6, 6.07) is 3.67. The summed E-state index contributed by atoms with van der Waals surface area (Å²) >= 11 is 0. The van der Waals surface area contributed by atoms with E-state index in [0.717, 1.165) is 0 Å². The Labute approximate surface area is 83.4 Å². The van der Waals surface area contributed by atoms with Gasteiger partial charge in [-0.25, -0.2) is 0 Å². The highest BCUT2D eigenvalue weighted by Gasteiger charge is 2.39. The van der Waals surface area contributed by atoms with Crippen molar-refractivity contribution in [3.8, 4) is 24.2 Å². The summed E-state index contributed by atoms with van der Waals surface area (Å²) in [6.45, 7) is 0.0507. The van der Waals surface area contributed by atoms with E-state index in [0.29, 0.717) is 0 Å². The van der Waals surface area contributed by atoms with Crippen LogP contribution in [0.3, 0.4) is 0 Å². The monoisotopic (exact) mass is 213 g/mol. The Morgan fingerprint density at radius 2 is 1.57 bits per heavy atom. The summed E-state index contributed by atoms with van der Waals surface area (Å²) in [5, 5.41) is 16.4. The molecule has 6 heteroatoms. The molecule has 0 radical (unpaired) electrons. The Bertz CT molecular complexity index is 266. The van der Waals surface area contributed by atoms with Crippen LogP contribution in [-0.4, -0.2) is 18.1 Å². The van der Waals surface area contributed by atoms with Gasteiger partial charge in [0.1, 0.15) is 13.2 Å². The second kappa shape index (κ2) is 7.27. The van der Waals surface area contributed by atoms with Crippen LogP contribution in [0.4, 0.5) is 0 Å². The number of hydrogen-bond acceptors (Lipinski definition) is 5. The van der Waals surface area contributed by atoms with Crippen molar-refractivity contribution in [3.63, 3.8) is 0 Å². The third kappa shape index (κ3) is 5.49. The van der Waals surface area contributed by atoms with Crippen LogP contribution in [0, 0.1) is 34.7 Å². The maximum Gasteiger partial charge on any atom is 0.496 e. The van der Waals surface area contributed by atoms with Gasteiger partial charge in [0.25, 0.3) is 0 Å². The van der Waals surface area contributed by atoms with Gasteiger partial charge in [-0.1, -0.05) is 6.42 Å². The van der Waals surface area contributed by atoms with Crippen LogP contribution in [0.15, 0.2) is 0 Å². The average Bonchev–Trinajstić information content (AvgIpc) is 2.19. The standard InChI is InChI=1S/C8H10N2O3P/c1-2-14(11,12-7-3-5-9)13-8-4-6-10/h1,11H,3-4,7-8H2/q+1. The first-order chi connectivity index (χ1) is 6.68. The first-order valence-electron chi connectivity index (χ1n) is 3.81. The molecule has 0 aliphatic carbocycles. The van der Waals surface area contributed by atoms with Crippen LogP contribution < -0.4 is 0 Å². The maximum absolute atomic E-state index is 9.48. The number of terminal acetylenes is 1. The molecule has 1 N–H and O–H groups in total. The Hall–Kier alpha value is -1.15. The molecule has 0 saturated heterocycles. The van der Waals surface area contributed by atoms with Crippen molar-refractivity contribution in [2.24, 2.45) is 0 Å². The van der Waals surface area contributed by atoms with Gasteiger partial charge < -0.3 is 0 Å². The summed E-state index contributed by atoms with van der Waals surface area (Å²) in [4.78, 5) is 9.48. The molecule has 14 heavy (non-hydrogen) atoms. The average molecular weight is 213 g/mol. The fourth-order valence-electron chi connectivity index (χ4n) is 0.542. The van der Waals surface area contributed by atoms with E-state index in [9.17, 15) is 4.89 Å². The van der Waals surface area contributed by atoms with Gasteiger partial charge >= 0.3 is 7.94 Å². The van der Waals surface area contributed by atoms with Gasteiger partial charge in [-0.2, -0.15) is 24.5 Å². The highest BCUT2D eigenvalue weighted by Crippen LogP contribution is 2.55. The van der Waals surface area contributed by atoms with E-state index in [2.05, 4.69) is 0 Å². The largest absolute Gasteiger partial charge is 0.496 e. The molecule has 0 aliphatic heterocycles. The van der Waals surface area contributed by atoms with Gasteiger partial charge in [0.15, 0.2) is 5.66 Å². The SMILES string of the molecule is C#C[P+](O)(OCCC#N)OCCC#N. The van der Waals surface area contributed by atoms with Gasteiger partial charge in [-0.3, -0.25) is 0 Å². The summed E-state index contributed by atoms with van der Waals surface area (Å²) in [5.41, 5.74) is 2.00. The Morgan fingerprint density at radius 3 is 1.86 bits per heavy atom. The number of nitriles is 2. The third-order valence-corrected chi connectivity index (χ3v) is 2.51. The van der Waals surface area contributed by atoms with E-state index in [-0.39, 0.29) is 26.1 Å². The molecule has 0 saturated carbocycles. The minimum Gasteiger partial charge on any atom is -0.198 e. The molecule has 0 bridgehead atoms. The predicted octanol–water partition coefficient (Wildman–Crippen LogP) is 1.19. The van der Waals surface area contributed by atoms with E-state index in [4.69, 9.17) is 26.0 Å². The highest BCUT2D eigenvalue weighted by molar-refractivity contribution is 7.65. The lowest BCUT2D eigenvalue weighted by Gasteiger charge is -2.08. The second-order valence-corrected chi connectivity index (χ2v) is 3.95. The van der Waals surface area contributed by atoms with Crippen molar-refractivity contribution in [2.45, 2.75) is 12.8 Å². The van der Waals surface area contributed by atoms with Crippen molar-refractivity contribution in [2.75, 3.05) is 13.2 Å². The normalized spacial score (nSPS) is 9.86. The van der Waals surface area contributed by atoms with Crippen LogP contribution in [-0.2, 0) is 9.05 Å². The van der Waals surface area contributed by atoms with E-state index in [1.165, 1.54) is 0 Å². The number of rotatable bonds is 6. The van der Waals surface area contributed by atoms with Crippen molar-refractivity contribution in [1.29, 1.82) is 10.5 Å². The first kappa shape index (κ1) is 12.8. The Morgan fingerprint density at radius 1 is 1.14 bits per heavy atom. The highest BCUT2D eigenvalue weighted by atomic mass is 31.2. The van der Waals surface area contributed by atoms with Crippen molar-refractivity contribution >= 4 is 7.94 Å². The molecule has 0 aliphatic rings. The number of hydrogen-bond donors (Lipinski definition) is 1. The molecule has 0 unspecified atom stereocenters. The van der Waals surface area contributed by atoms with Gasteiger partial charge in [-0.05, 0) is 0 Å². The second-order valence-electron chi connectivity index (χ2n) is 2.13. The molecule has 0 aromatic rings. The Kier molecular flexibility index (Phi) is 6.68. The fraction of sp³-hybridized carbons (Fsp3) is 0.500. The number of nitrogens with zero attached hydrogens (tertiary/aromatic N) is 2. The van der Waals surface area contributed by atoms with Gasteiger partial charge in [0.05, 0.1) is 25.0 Å². The quantitative estimate of drug-likeness (QED) is 0.407. The zero-order valence-electron chi connectivity index (χ0n) is 7.51. The van der Waals surface area contributed by atoms with E-state index >= 15 is 0 Å². The molecule has 0 aromatic heterocycles. The van der Waals surface area contributed by atoms with Crippen molar-refractivity contribution < 1.29 is 13.9 Å². The van der Waals surface area contributed by atoms with Crippen LogP contribution in [0.5, 0.6) is 0 Å². The van der Waals surface area contributed by atoms with Gasteiger partial charge in [0, 0.05) is 0 Å². The molecule has 74 valence electrons. The lowest BCUT2D eigenvalue weighted by molar-refractivity contribution is 0.192. The van der Waals surface area contributed by atoms with Crippen molar-refractivity contribution in [1.82, 2.24) is 0 Å². The minimum absolute atomic E-state index is 0.0253. The molecule has 0 fully saturated rings. The third-order valence-electron chi connectivity index (χ3n) is 1.12. The van der Waals surface area contributed by atoms with Gasteiger partial charge in [-0.15, -0.1) is 0 Å². The lowest BCUT2D eigenvalue weighted by atomic mass is 10.5. The molecule has 0 atom stereocenters. The predicted molar refractivity (Wildman–Crippen MR) is 50.3 cm³/mol.